The van der Waals surface area contributed by atoms with Gasteiger partial charge in [0.2, 0.25) is 0 Å². The zero-order valence-electron chi connectivity index (χ0n) is 11.3. The number of rotatable bonds is 4. The van der Waals surface area contributed by atoms with E-state index in [4.69, 9.17) is 0 Å². The Bertz CT molecular complexity index is 558. The van der Waals surface area contributed by atoms with E-state index in [0.717, 1.165) is 18.5 Å². The molecule has 0 saturated carbocycles. The molecule has 0 aromatic heterocycles. The van der Waals surface area contributed by atoms with Gasteiger partial charge in [-0.1, -0.05) is 36.8 Å². The first-order valence-corrected chi connectivity index (χ1v) is 6.84. The fraction of sp³-hybridized carbons (Fsp3) is 0.429. The second-order valence-electron chi connectivity index (χ2n) is 4.96. The van der Waals surface area contributed by atoms with Crippen molar-refractivity contribution in [2.24, 2.45) is 10.3 Å². The van der Waals surface area contributed by atoms with Crippen LogP contribution in [0, 0.1) is 0 Å². The van der Waals surface area contributed by atoms with Crippen LogP contribution in [0.1, 0.15) is 19.8 Å². The first-order chi connectivity index (χ1) is 9.74. The summed E-state index contributed by atoms with van der Waals surface area (Å²) in [4.78, 5) is 26.0. The topological polar surface area (TPSA) is 65.3 Å². The molecule has 2 amide bonds. The Morgan fingerprint density at radius 3 is 2.60 bits per heavy atom. The zero-order chi connectivity index (χ0) is 14.1. The standard InChI is InChI=1S/C14H16N4O2/c1-2-3-9-17-13(19)11-12(14(17)20)18(16-15-11)10-7-5-4-6-8-10/h4-8,11-12H,2-3,9H2,1H3/t11-,12-/m1/s1. The van der Waals surface area contributed by atoms with Gasteiger partial charge in [-0.15, -0.1) is 0 Å². The van der Waals surface area contributed by atoms with Crippen molar-refractivity contribution >= 4 is 17.5 Å². The molecule has 6 heteroatoms. The van der Waals surface area contributed by atoms with Gasteiger partial charge >= 0.3 is 0 Å². The molecule has 1 saturated heterocycles. The minimum absolute atomic E-state index is 0.192. The molecule has 1 fully saturated rings. The lowest BCUT2D eigenvalue weighted by molar-refractivity contribution is -0.139. The van der Waals surface area contributed by atoms with E-state index in [1.807, 2.05) is 37.3 Å². The third-order valence-electron chi connectivity index (χ3n) is 3.63. The highest BCUT2D eigenvalue weighted by Crippen LogP contribution is 2.32. The molecule has 0 spiro atoms. The fourth-order valence-electron chi connectivity index (χ4n) is 2.55. The van der Waals surface area contributed by atoms with E-state index in [1.165, 1.54) is 4.90 Å². The van der Waals surface area contributed by atoms with Crippen molar-refractivity contribution in [3.05, 3.63) is 30.3 Å². The molecule has 1 aromatic carbocycles. The van der Waals surface area contributed by atoms with E-state index in [1.54, 1.807) is 5.01 Å². The number of hydrogen-bond donors (Lipinski definition) is 0. The van der Waals surface area contributed by atoms with E-state index in [-0.39, 0.29) is 11.8 Å². The quantitative estimate of drug-likeness (QED) is 0.785. The van der Waals surface area contributed by atoms with Crippen LogP contribution in [0.2, 0.25) is 0 Å². The number of hydrogen-bond acceptors (Lipinski definition) is 5. The highest BCUT2D eigenvalue weighted by atomic mass is 16.2. The molecule has 0 radical (unpaired) electrons. The molecule has 2 heterocycles. The molecular formula is C14H16N4O2. The smallest absolute Gasteiger partial charge is 0.258 e. The van der Waals surface area contributed by atoms with Crippen LogP contribution in [-0.4, -0.2) is 35.3 Å². The van der Waals surface area contributed by atoms with Crippen molar-refractivity contribution in [1.82, 2.24) is 4.90 Å². The number of para-hydroxylation sites is 1. The fourth-order valence-corrected chi connectivity index (χ4v) is 2.55. The van der Waals surface area contributed by atoms with E-state index >= 15 is 0 Å². The van der Waals surface area contributed by atoms with Gasteiger partial charge in [0.05, 0.1) is 5.69 Å². The molecule has 6 nitrogen and oxygen atoms in total. The molecule has 0 unspecified atom stereocenters. The Labute approximate surface area is 117 Å². The molecule has 0 aliphatic carbocycles. The third kappa shape index (κ3) is 1.88. The van der Waals surface area contributed by atoms with Gasteiger partial charge in [0.15, 0.2) is 12.1 Å². The number of nitrogens with zero attached hydrogens (tertiary/aromatic N) is 4. The molecule has 104 valence electrons. The molecule has 0 N–H and O–H groups in total. The van der Waals surface area contributed by atoms with Crippen molar-refractivity contribution in [3.63, 3.8) is 0 Å². The number of fused-ring (bicyclic) bond motifs is 1. The van der Waals surface area contributed by atoms with Gasteiger partial charge < -0.3 is 0 Å². The molecule has 20 heavy (non-hydrogen) atoms. The van der Waals surface area contributed by atoms with Crippen LogP contribution in [0.4, 0.5) is 5.69 Å². The first-order valence-electron chi connectivity index (χ1n) is 6.84. The minimum atomic E-state index is -0.681. The number of likely N-dealkylation sites (tertiary alicyclic amines) is 1. The van der Waals surface area contributed by atoms with Crippen LogP contribution in [0.15, 0.2) is 40.7 Å². The lowest BCUT2D eigenvalue weighted by Gasteiger charge is -2.20. The van der Waals surface area contributed by atoms with Crippen LogP contribution in [0.3, 0.4) is 0 Å². The number of benzene rings is 1. The third-order valence-corrected chi connectivity index (χ3v) is 3.63. The van der Waals surface area contributed by atoms with E-state index in [9.17, 15) is 9.59 Å². The van der Waals surface area contributed by atoms with Crippen LogP contribution in [0.5, 0.6) is 0 Å². The largest absolute Gasteiger partial charge is 0.279 e. The summed E-state index contributed by atoms with van der Waals surface area (Å²) in [6, 6.07) is 8.05. The summed E-state index contributed by atoms with van der Waals surface area (Å²) in [5.41, 5.74) is 0.780. The first kappa shape index (κ1) is 12.8. The van der Waals surface area contributed by atoms with Gasteiger partial charge in [0.25, 0.3) is 11.8 Å². The predicted octanol–water partition coefficient (Wildman–Crippen LogP) is 1.78. The number of unbranched alkanes of at least 4 members (excludes halogenated alkanes) is 1. The lowest BCUT2D eigenvalue weighted by Crippen LogP contribution is -2.40. The van der Waals surface area contributed by atoms with Gasteiger partial charge in [-0.3, -0.25) is 14.5 Å². The van der Waals surface area contributed by atoms with Gasteiger partial charge in [-0.05, 0) is 18.6 Å². The second kappa shape index (κ2) is 5.03. The number of carbonyl (C=O) groups excluding carboxylic acids is 2. The minimum Gasteiger partial charge on any atom is -0.279 e. The van der Waals surface area contributed by atoms with Crippen LogP contribution < -0.4 is 5.01 Å². The Hall–Kier alpha value is -2.24. The maximum atomic E-state index is 12.4. The van der Waals surface area contributed by atoms with Crippen molar-refractivity contribution in [3.8, 4) is 0 Å². The van der Waals surface area contributed by atoms with Crippen molar-refractivity contribution in [2.75, 3.05) is 11.6 Å². The summed E-state index contributed by atoms with van der Waals surface area (Å²) in [7, 11) is 0. The SMILES string of the molecule is CCCCN1C(=O)[C@@H]2N=NN(c3ccccc3)[C@H]2C1=O. The Morgan fingerprint density at radius 1 is 1.15 bits per heavy atom. The average Bonchev–Trinajstić information content (AvgIpc) is 3.01. The highest BCUT2D eigenvalue weighted by Gasteiger charge is 2.54. The highest BCUT2D eigenvalue weighted by molar-refractivity contribution is 6.11. The van der Waals surface area contributed by atoms with Crippen LogP contribution in [0.25, 0.3) is 0 Å². The lowest BCUT2D eigenvalue weighted by atomic mass is 10.1. The summed E-state index contributed by atoms with van der Waals surface area (Å²) in [5, 5.41) is 9.53. The summed E-state index contributed by atoms with van der Waals surface area (Å²) >= 11 is 0. The molecule has 2 aliphatic rings. The van der Waals surface area contributed by atoms with Crippen molar-refractivity contribution in [1.29, 1.82) is 0 Å². The van der Waals surface area contributed by atoms with Gasteiger partial charge in [-0.25, -0.2) is 5.01 Å². The predicted molar refractivity (Wildman–Crippen MR) is 73.0 cm³/mol. The molecule has 0 bridgehead atoms. The molecule has 1 aromatic rings. The Balaban J connectivity index is 1.85. The summed E-state index contributed by atoms with van der Waals surface area (Å²) in [6.07, 6.45) is 1.76. The Kier molecular flexibility index (Phi) is 3.22. The van der Waals surface area contributed by atoms with Crippen LogP contribution >= 0.6 is 0 Å². The van der Waals surface area contributed by atoms with Crippen molar-refractivity contribution in [2.45, 2.75) is 31.8 Å². The molecule has 2 aliphatic heterocycles. The van der Waals surface area contributed by atoms with Gasteiger partial charge in [-0.2, -0.15) is 5.11 Å². The number of imide groups is 1. The van der Waals surface area contributed by atoms with Gasteiger partial charge in [0, 0.05) is 6.54 Å². The number of anilines is 1. The average molecular weight is 272 g/mol. The van der Waals surface area contributed by atoms with Crippen molar-refractivity contribution < 1.29 is 9.59 Å². The van der Waals surface area contributed by atoms with E-state index in [0.29, 0.717) is 6.54 Å². The number of carbonyl (C=O) groups is 2. The number of amides is 2. The second-order valence-corrected chi connectivity index (χ2v) is 4.96. The van der Waals surface area contributed by atoms with E-state index < -0.39 is 12.1 Å². The monoisotopic (exact) mass is 272 g/mol. The molecule has 2 atom stereocenters. The summed E-state index contributed by atoms with van der Waals surface area (Å²) in [6.45, 7) is 2.50. The summed E-state index contributed by atoms with van der Waals surface area (Å²) < 4.78 is 0. The summed E-state index contributed by atoms with van der Waals surface area (Å²) in [5.74, 6) is -0.419. The molecule has 3 rings (SSSR count). The van der Waals surface area contributed by atoms with Gasteiger partial charge in [0.1, 0.15) is 0 Å². The molecular weight excluding hydrogens is 256 g/mol. The van der Waals surface area contributed by atoms with E-state index in [2.05, 4.69) is 10.3 Å². The maximum absolute atomic E-state index is 12.4. The Morgan fingerprint density at radius 2 is 1.90 bits per heavy atom. The zero-order valence-corrected chi connectivity index (χ0v) is 11.3. The van der Waals surface area contributed by atoms with Crippen LogP contribution in [-0.2, 0) is 9.59 Å². The maximum Gasteiger partial charge on any atom is 0.258 e. The normalized spacial score (nSPS) is 24.6.